The number of rotatable bonds is 5. The number of carbonyl (C=O) groups excluding carboxylic acids is 2. The van der Waals surface area contributed by atoms with Crippen LogP contribution < -0.4 is 0 Å². The zero-order valence-corrected chi connectivity index (χ0v) is 11.0. The molecule has 0 saturated heterocycles. The highest BCUT2D eigenvalue weighted by atomic mass is 16.5. The highest BCUT2D eigenvalue weighted by molar-refractivity contribution is 6.02. The predicted molar refractivity (Wildman–Crippen MR) is 72.3 cm³/mol. The van der Waals surface area contributed by atoms with Crippen LogP contribution in [0.2, 0.25) is 0 Å². The van der Waals surface area contributed by atoms with Gasteiger partial charge in [0.1, 0.15) is 12.2 Å². The molecule has 0 spiro atoms. The Kier molecular flexibility index (Phi) is 4.44. The van der Waals surface area contributed by atoms with E-state index in [4.69, 9.17) is 0 Å². The first kappa shape index (κ1) is 13.5. The van der Waals surface area contributed by atoms with Crippen molar-refractivity contribution >= 4 is 17.5 Å². The first-order valence-electron chi connectivity index (χ1n) is 6.39. The lowest BCUT2D eigenvalue weighted by atomic mass is 10.0. The lowest BCUT2D eigenvalue weighted by Gasteiger charge is -2.04. The van der Waals surface area contributed by atoms with Gasteiger partial charge in [0.15, 0.2) is 0 Å². The van der Waals surface area contributed by atoms with Crippen LogP contribution in [0, 0.1) is 0 Å². The van der Waals surface area contributed by atoms with Crippen LogP contribution in [-0.4, -0.2) is 30.6 Å². The summed E-state index contributed by atoms with van der Waals surface area (Å²) in [6.07, 6.45) is 1.94. The van der Waals surface area contributed by atoms with E-state index in [-0.39, 0.29) is 18.2 Å². The van der Waals surface area contributed by atoms with Crippen LogP contribution in [0.4, 0.5) is 0 Å². The summed E-state index contributed by atoms with van der Waals surface area (Å²) in [5.74, 6) is -0.579. The first-order valence-corrected chi connectivity index (χ1v) is 6.39. The zero-order valence-electron chi connectivity index (χ0n) is 11.0. The smallest absolute Gasteiger partial charge is 0.313 e. The minimum absolute atomic E-state index is 0.00682. The quantitative estimate of drug-likeness (QED) is 0.601. The van der Waals surface area contributed by atoms with Gasteiger partial charge in [-0.1, -0.05) is 30.3 Å². The number of ether oxygens (including phenoxy) is 1. The lowest BCUT2D eigenvalue weighted by Crippen LogP contribution is -2.14. The summed E-state index contributed by atoms with van der Waals surface area (Å²) in [5.41, 5.74) is 2.17. The number of hydrogen-bond donors (Lipinski definition) is 0. The molecule has 0 N–H and O–H groups in total. The number of Topliss-reactive ketones (excluding diaryl/α,β-unsaturated/α-hetero) is 1. The number of ketones is 1. The number of hydrogen-bond acceptors (Lipinski definition) is 4. The van der Waals surface area contributed by atoms with Crippen LogP contribution in [0.25, 0.3) is 0 Å². The van der Waals surface area contributed by atoms with Crippen molar-refractivity contribution in [1.29, 1.82) is 0 Å². The van der Waals surface area contributed by atoms with E-state index in [1.54, 1.807) is 0 Å². The predicted octanol–water partition coefficient (Wildman–Crippen LogP) is 2.16. The highest BCUT2D eigenvalue weighted by Crippen LogP contribution is 2.21. The molecule has 0 aliphatic carbocycles. The van der Waals surface area contributed by atoms with Gasteiger partial charge < -0.3 is 4.74 Å². The minimum atomic E-state index is -0.477. The van der Waals surface area contributed by atoms with E-state index in [0.29, 0.717) is 6.42 Å². The van der Waals surface area contributed by atoms with Gasteiger partial charge in [0.05, 0.1) is 13.2 Å². The standard InChI is InChI=1S/C15H17NO3/c1-19-15(18)10-13(17)9-12-7-8-14(16-12)11-5-3-2-4-6-11/h2-6,12H,7-10H2,1H3/t12-/m0/s1. The zero-order chi connectivity index (χ0) is 13.7. The molecule has 0 unspecified atom stereocenters. The molecule has 0 radical (unpaired) electrons. The van der Waals surface area contributed by atoms with Gasteiger partial charge >= 0.3 is 5.97 Å². The van der Waals surface area contributed by atoms with Gasteiger partial charge in [-0.25, -0.2) is 0 Å². The SMILES string of the molecule is COC(=O)CC(=O)C[C@@H]1CCC(c2ccccc2)=N1. The summed E-state index contributed by atoms with van der Waals surface area (Å²) in [5, 5.41) is 0. The first-order chi connectivity index (χ1) is 9.19. The Morgan fingerprint density at radius 3 is 2.74 bits per heavy atom. The Bertz CT molecular complexity index is 493. The molecule has 0 bridgehead atoms. The summed E-state index contributed by atoms with van der Waals surface area (Å²) < 4.78 is 4.48. The van der Waals surface area contributed by atoms with E-state index in [1.165, 1.54) is 7.11 Å². The van der Waals surface area contributed by atoms with Crippen molar-refractivity contribution in [2.45, 2.75) is 31.7 Å². The van der Waals surface area contributed by atoms with Crippen LogP contribution >= 0.6 is 0 Å². The molecule has 2 rings (SSSR count). The van der Waals surface area contributed by atoms with Crippen LogP contribution in [-0.2, 0) is 14.3 Å². The fourth-order valence-electron chi connectivity index (χ4n) is 2.22. The lowest BCUT2D eigenvalue weighted by molar-refractivity contribution is -0.143. The van der Waals surface area contributed by atoms with Crippen LogP contribution in [0.15, 0.2) is 35.3 Å². The van der Waals surface area contributed by atoms with Crippen molar-refractivity contribution < 1.29 is 14.3 Å². The molecule has 1 heterocycles. The molecule has 19 heavy (non-hydrogen) atoms. The largest absolute Gasteiger partial charge is 0.469 e. The maximum absolute atomic E-state index is 11.6. The molecule has 0 fully saturated rings. The van der Waals surface area contributed by atoms with Gasteiger partial charge in [-0.15, -0.1) is 0 Å². The minimum Gasteiger partial charge on any atom is -0.469 e. The average Bonchev–Trinajstić information content (AvgIpc) is 2.88. The second kappa shape index (κ2) is 6.27. The third kappa shape index (κ3) is 3.74. The third-order valence-corrected chi connectivity index (χ3v) is 3.19. The number of nitrogens with zero attached hydrogens (tertiary/aromatic N) is 1. The molecular weight excluding hydrogens is 242 g/mol. The second-order valence-corrected chi connectivity index (χ2v) is 4.63. The molecule has 0 saturated carbocycles. The number of aliphatic imine (C=N–C) groups is 1. The molecule has 1 aliphatic rings. The van der Waals surface area contributed by atoms with Crippen LogP contribution in [0.5, 0.6) is 0 Å². The highest BCUT2D eigenvalue weighted by Gasteiger charge is 2.22. The molecule has 4 nitrogen and oxygen atoms in total. The molecule has 1 atom stereocenters. The van der Waals surface area contributed by atoms with E-state index in [1.807, 2.05) is 30.3 Å². The number of esters is 1. The van der Waals surface area contributed by atoms with Crippen molar-refractivity contribution in [3.8, 4) is 0 Å². The van der Waals surface area contributed by atoms with Crippen molar-refractivity contribution in [1.82, 2.24) is 0 Å². The third-order valence-electron chi connectivity index (χ3n) is 3.19. The molecular formula is C15H17NO3. The number of methoxy groups -OCH3 is 1. The maximum atomic E-state index is 11.6. The second-order valence-electron chi connectivity index (χ2n) is 4.63. The molecule has 100 valence electrons. The van der Waals surface area contributed by atoms with E-state index < -0.39 is 5.97 Å². The van der Waals surface area contributed by atoms with Crippen molar-refractivity contribution in [3.05, 3.63) is 35.9 Å². The van der Waals surface area contributed by atoms with Crippen molar-refractivity contribution in [3.63, 3.8) is 0 Å². The summed E-state index contributed by atoms with van der Waals surface area (Å²) in [7, 11) is 1.29. The van der Waals surface area contributed by atoms with Gasteiger partial charge in [-0.3, -0.25) is 14.6 Å². The van der Waals surface area contributed by atoms with Crippen molar-refractivity contribution in [2.75, 3.05) is 7.11 Å². The molecule has 4 heteroatoms. The Morgan fingerprint density at radius 1 is 1.32 bits per heavy atom. The monoisotopic (exact) mass is 259 g/mol. The normalized spacial score (nSPS) is 17.9. The van der Waals surface area contributed by atoms with Gasteiger partial charge in [0, 0.05) is 12.1 Å². The molecule has 1 aromatic carbocycles. The molecule has 0 amide bonds. The molecule has 1 aromatic rings. The van der Waals surface area contributed by atoms with E-state index in [0.717, 1.165) is 24.1 Å². The Hall–Kier alpha value is -1.97. The van der Waals surface area contributed by atoms with Gasteiger partial charge in [0.2, 0.25) is 0 Å². The summed E-state index contributed by atoms with van der Waals surface area (Å²) >= 11 is 0. The van der Waals surface area contributed by atoms with Crippen LogP contribution in [0.1, 0.15) is 31.2 Å². The van der Waals surface area contributed by atoms with Gasteiger partial charge in [-0.2, -0.15) is 0 Å². The molecule has 1 aliphatic heterocycles. The van der Waals surface area contributed by atoms with Crippen molar-refractivity contribution in [2.24, 2.45) is 4.99 Å². The van der Waals surface area contributed by atoms with Gasteiger partial charge in [0.25, 0.3) is 0 Å². The van der Waals surface area contributed by atoms with E-state index in [2.05, 4.69) is 9.73 Å². The summed E-state index contributed by atoms with van der Waals surface area (Å²) in [6, 6.07) is 9.99. The molecule has 0 aromatic heterocycles. The fourth-order valence-corrected chi connectivity index (χ4v) is 2.22. The Morgan fingerprint density at radius 2 is 2.05 bits per heavy atom. The van der Waals surface area contributed by atoms with E-state index in [9.17, 15) is 9.59 Å². The Balaban J connectivity index is 1.92. The average molecular weight is 259 g/mol. The number of carbonyl (C=O) groups is 2. The fraction of sp³-hybridized carbons (Fsp3) is 0.400. The van der Waals surface area contributed by atoms with E-state index >= 15 is 0 Å². The summed E-state index contributed by atoms with van der Waals surface area (Å²) in [6.45, 7) is 0. The Labute approximate surface area is 112 Å². The topological polar surface area (TPSA) is 55.7 Å². The van der Waals surface area contributed by atoms with Gasteiger partial charge in [-0.05, 0) is 18.4 Å². The van der Waals surface area contributed by atoms with Crippen LogP contribution in [0.3, 0.4) is 0 Å². The number of benzene rings is 1. The summed E-state index contributed by atoms with van der Waals surface area (Å²) in [4.78, 5) is 27.2. The maximum Gasteiger partial charge on any atom is 0.313 e.